The molecular weight excluding hydrogens is 612 g/mol. The van der Waals surface area contributed by atoms with Crippen LogP contribution in [-0.2, 0) is 9.53 Å². The molecule has 11 heteroatoms. The van der Waals surface area contributed by atoms with Crippen molar-refractivity contribution in [1.82, 2.24) is 4.57 Å². The van der Waals surface area contributed by atoms with Gasteiger partial charge in [0.2, 0.25) is 0 Å². The number of allylic oxidation sites excluding steroid dienone is 1. The van der Waals surface area contributed by atoms with Crippen molar-refractivity contribution in [2.24, 2.45) is 4.99 Å². The third kappa shape index (κ3) is 5.30. The van der Waals surface area contributed by atoms with Gasteiger partial charge < -0.3 is 14.2 Å². The summed E-state index contributed by atoms with van der Waals surface area (Å²) in [6.07, 6.45) is 1.70. The number of rotatable bonds is 7. The summed E-state index contributed by atoms with van der Waals surface area (Å²) in [7, 11) is 1.49. The average Bonchev–Trinajstić information content (AvgIpc) is 3.17. The molecular formula is C26H21FIN3O5S. The van der Waals surface area contributed by atoms with Gasteiger partial charge in [0.25, 0.3) is 5.56 Å². The van der Waals surface area contributed by atoms with E-state index in [4.69, 9.17) is 19.5 Å². The van der Waals surface area contributed by atoms with Crippen LogP contribution in [0.3, 0.4) is 0 Å². The van der Waals surface area contributed by atoms with Gasteiger partial charge in [-0.05, 0) is 77.9 Å². The van der Waals surface area contributed by atoms with Gasteiger partial charge in [-0.25, -0.2) is 14.2 Å². The molecule has 0 amide bonds. The molecule has 0 N–H and O–H groups in total. The van der Waals surface area contributed by atoms with Crippen molar-refractivity contribution in [1.29, 1.82) is 5.26 Å². The minimum atomic E-state index is -0.825. The lowest BCUT2D eigenvalue weighted by Gasteiger charge is -2.24. The molecule has 0 unspecified atom stereocenters. The number of carbonyl (C=O) groups excluding carboxylic acids is 1. The molecule has 1 aliphatic rings. The maximum Gasteiger partial charge on any atom is 0.338 e. The van der Waals surface area contributed by atoms with E-state index in [1.165, 1.54) is 35.1 Å². The molecule has 4 rings (SSSR count). The van der Waals surface area contributed by atoms with E-state index in [2.05, 4.69) is 27.6 Å². The molecule has 0 saturated carbocycles. The zero-order valence-corrected chi connectivity index (χ0v) is 23.1. The van der Waals surface area contributed by atoms with Gasteiger partial charge in [-0.1, -0.05) is 23.5 Å². The molecule has 190 valence electrons. The Morgan fingerprint density at radius 1 is 1.32 bits per heavy atom. The normalized spacial score (nSPS) is 15.0. The Hall–Kier alpha value is -3.50. The fourth-order valence-electron chi connectivity index (χ4n) is 3.97. The zero-order chi connectivity index (χ0) is 26.7. The Morgan fingerprint density at radius 2 is 2.05 bits per heavy atom. The molecule has 37 heavy (non-hydrogen) atoms. The third-order valence-corrected chi connectivity index (χ3v) is 7.32. The van der Waals surface area contributed by atoms with Crippen molar-refractivity contribution < 1.29 is 23.4 Å². The lowest BCUT2D eigenvalue weighted by atomic mass is 9.96. The highest BCUT2D eigenvalue weighted by molar-refractivity contribution is 14.1. The Morgan fingerprint density at radius 3 is 2.70 bits per heavy atom. The summed E-state index contributed by atoms with van der Waals surface area (Å²) in [5.74, 6) is -0.153. The number of ether oxygens (including phenoxy) is 3. The molecule has 0 radical (unpaired) electrons. The first-order valence-corrected chi connectivity index (χ1v) is 13.0. The van der Waals surface area contributed by atoms with Gasteiger partial charge in [0.1, 0.15) is 11.9 Å². The number of hydrogen-bond acceptors (Lipinski definition) is 8. The highest BCUT2D eigenvalue weighted by Gasteiger charge is 2.33. The van der Waals surface area contributed by atoms with Crippen LogP contribution in [0.15, 0.2) is 57.5 Å². The van der Waals surface area contributed by atoms with Gasteiger partial charge in [0.05, 0.1) is 39.1 Å². The van der Waals surface area contributed by atoms with E-state index in [9.17, 15) is 14.0 Å². The number of halogens is 2. The summed E-state index contributed by atoms with van der Waals surface area (Å²) in [4.78, 5) is 31.5. The van der Waals surface area contributed by atoms with Gasteiger partial charge in [-0.2, -0.15) is 5.26 Å². The number of aromatic nitrogens is 1. The first kappa shape index (κ1) is 26.6. The van der Waals surface area contributed by atoms with Crippen LogP contribution in [-0.4, -0.2) is 30.9 Å². The van der Waals surface area contributed by atoms with Crippen molar-refractivity contribution in [3.63, 3.8) is 0 Å². The lowest BCUT2D eigenvalue weighted by Crippen LogP contribution is -2.39. The molecule has 0 saturated heterocycles. The predicted molar refractivity (Wildman–Crippen MR) is 144 cm³/mol. The second-order valence-electron chi connectivity index (χ2n) is 7.83. The van der Waals surface area contributed by atoms with E-state index >= 15 is 0 Å². The summed E-state index contributed by atoms with van der Waals surface area (Å²) >= 11 is 3.25. The van der Waals surface area contributed by atoms with E-state index in [1.807, 2.05) is 6.07 Å². The lowest BCUT2D eigenvalue weighted by molar-refractivity contribution is -0.139. The number of fused-ring (bicyclic) bond motifs is 1. The molecule has 0 spiro atoms. The molecule has 0 aliphatic carbocycles. The van der Waals surface area contributed by atoms with E-state index in [0.29, 0.717) is 41.2 Å². The van der Waals surface area contributed by atoms with Crippen molar-refractivity contribution in [3.05, 3.63) is 87.9 Å². The van der Waals surface area contributed by atoms with Gasteiger partial charge in [-0.3, -0.25) is 9.36 Å². The van der Waals surface area contributed by atoms with Crippen LogP contribution in [0, 0.1) is 20.7 Å². The zero-order valence-electron chi connectivity index (χ0n) is 20.1. The van der Waals surface area contributed by atoms with Crippen molar-refractivity contribution in [2.75, 3.05) is 20.3 Å². The van der Waals surface area contributed by atoms with Gasteiger partial charge in [0.15, 0.2) is 22.9 Å². The van der Waals surface area contributed by atoms with Crippen LogP contribution < -0.4 is 24.4 Å². The Bertz CT molecular complexity index is 1620. The second-order valence-corrected chi connectivity index (χ2v) is 10.0. The minimum Gasteiger partial charge on any atom is -0.493 e. The van der Waals surface area contributed by atoms with Crippen molar-refractivity contribution >= 4 is 46.0 Å². The third-order valence-electron chi connectivity index (χ3n) is 5.53. The van der Waals surface area contributed by atoms with Crippen LogP contribution in [0.2, 0.25) is 0 Å². The van der Waals surface area contributed by atoms with E-state index in [-0.39, 0.29) is 24.3 Å². The molecule has 2 heterocycles. The summed E-state index contributed by atoms with van der Waals surface area (Å²) in [5, 5.41) is 8.84. The Kier molecular flexibility index (Phi) is 8.09. The fraction of sp³-hybridized carbons (Fsp3) is 0.231. The van der Waals surface area contributed by atoms with Gasteiger partial charge in [0, 0.05) is 0 Å². The molecule has 2 aromatic carbocycles. The molecule has 8 nitrogen and oxygen atoms in total. The standard InChI is InChI=1S/C26H21FIN3O5S/c1-4-35-25(33)21-14(2)30-26-31(22(21)16-5-7-17(27)8-6-16)24(32)20(37-26)13-15-11-18(28)23(36-10-9-29)19(12-15)34-3/h5-8,11-13,22H,4,10H2,1-3H3/b20-13-/t22-/m1/s1. The van der Waals surface area contributed by atoms with E-state index < -0.39 is 17.8 Å². The van der Waals surface area contributed by atoms with Crippen molar-refractivity contribution in [3.8, 4) is 17.6 Å². The van der Waals surface area contributed by atoms with Crippen LogP contribution in [0.5, 0.6) is 11.5 Å². The summed E-state index contributed by atoms with van der Waals surface area (Å²) in [6.45, 7) is 3.41. The van der Waals surface area contributed by atoms with E-state index in [1.54, 1.807) is 44.2 Å². The molecule has 0 bridgehead atoms. The number of carbonyl (C=O) groups is 1. The number of hydrogen-bond donors (Lipinski definition) is 0. The molecule has 3 aromatic rings. The van der Waals surface area contributed by atoms with Crippen LogP contribution in [0.1, 0.15) is 31.0 Å². The summed E-state index contributed by atoms with van der Waals surface area (Å²) < 4.78 is 32.4. The highest BCUT2D eigenvalue weighted by atomic mass is 127. The smallest absolute Gasteiger partial charge is 0.338 e. The largest absolute Gasteiger partial charge is 0.493 e. The van der Waals surface area contributed by atoms with Gasteiger partial charge in [-0.15, -0.1) is 0 Å². The summed E-state index contributed by atoms with van der Waals surface area (Å²) in [6, 6.07) is 10.3. The van der Waals surface area contributed by atoms with Crippen LogP contribution >= 0.6 is 33.9 Å². The maximum atomic E-state index is 13.7. The molecule has 0 fully saturated rings. The SMILES string of the molecule is CCOC(=O)C1=C(C)N=c2s/c(=C\c3cc(I)c(OCC#N)c(OC)c3)c(=O)n2[C@@H]1c1ccc(F)cc1. The number of nitrogens with zero attached hydrogens (tertiary/aromatic N) is 3. The molecule has 1 aliphatic heterocycles. The number of methoxy groups -OCH3 is 1. The van der Waals surface area contributed by atoms with Gasteiger partial charge >= 0.3 is 5.97 Å². The summed E-state index contributed by atoms with van der Waals surface area (Å²) in [5.41, 5.74) is 1.53. The van der Waals surface area contributed by atoms with Crippen LogP contribution in [0.25, 0.3) is 6.08 Å². The predicted octanol–water partition coefficient (Wildman–Crippen LogP) is 3.45. The minimum absolute atomic E-state index is 0.129. The first-order valence-electron chi connectivity index (χ1n) is 11.1. The highest BCUT2D eigenvalue weighted by Crippen LogP contribution is 2.34. The number of benzene rings is 2. The monoisotopic (exact) mass is 633 g/mol. The quantitative estimate of drug-likeness (QED) is 0.292. The number of nitriles is 1. The number of esters is 1. The van der Waals surface area contributed by atoms with Crippen LogP contribution in [0.4, 0.5) is 4.39 Å². The Labute approximate surface area is 229 Å². The maximum absolute atomic E-state index is 13.7. The average molecular weight is 633 g/mol. The first-order chi connectivity index (χ1) is 17.8. The molecule has 1 atom stereocenters. The second kappa shape index (κ2) is 11.3. The molecule has 1 aromatic heterocycles. The fourth-order valence-corrected chi connectivity index (χ4v) is 5.80. The van der Waals surface area contributed by atoms with E-state index in [0.717, 1.165) is 0 Å². The topological polar surface area (TPSA) is 103 Å². The Balaban J connectivity index is 1.90. The van der Waals surface area contributed by atoms with Crippen molar-refractivity contribution in [2.45, 2.75) is 19.9 Å². The number of thiazole rings is 1.